The predicted molar refractivity (Wildman–Crippen MR) is 99.6 cm³/mol. The first-order valence-corrected chi connectivity index (χ1v) is 10.0. The van der Waals surface area contributed by atoms with Crippen LogP contribution in [0.2, 0.25) is 0 Å². The number of carbonyl (C=O) groups excluding carboxylic acids is 1. The van der Waals surface area contributed by atoms with Gasteiger partial charge in [-0.1, -0.05) is 84.5 Å². The second-order valence-electron chi connectivity index (χ2n) is 7.20. The van der Waals surface area contributed by atoms with Crippen LogP contribution in [0.1, 0.15) is 104 Å². The van der Waals surface area contributed by atoms with Crippen molar-refractivity contribution in [2.45, 2.75) is 115 Å². The predicted octanol–water partition coefficient (Wildman–Crippen LogP) is 4.23. The molecule has 0 saturated carbocycles. The van der Waals surface area contributed by atoms with Crippen LogP contribution in [-0.4, -0.2) is 38.8 Å². The van der Waals surface area contributed by atoms with Gasteiger partial charge in [-0.2, -0.15) is 0 Å². The third kappa shape index (κ3) is 11.3. The van der Waals surface area contributed by atoms with Crippen LogP contribution in [0.5, 0.6) is 0 Å². The van der Waals surface area contributed by atoms with Gasteiger partial charge in [0.05, 0.1) is 6.42 Å². The number of carboxylic acids is 1. The lowest BCUT2D eigenvalue weighted by Crippen LogP contribution is -2.46. The van der Waals surface area contributed by atoms with Gasteiger partial charge in [0, 0.05) is 0 Å². The van der Waals surface area contributed by atoms with Crippen LogP contribution in [0.15, 0.2) is 0 Å². The van der Waals surface area contributed by atoms with Gasteiger partial charge in [-0.3, -0.25) is 9.59 Å². The minimum Gasteiger partial charge on any atom is -0.481 e. The van der Waals surface area contributed by atoms with Crippen molar-refractivity contribution in [1.82, 2.24) is 0 Å². The molecule has 0 rings (SSSR count). The molecular formula is C20H38O5. The van der Waals surface area contributed by atoms with Gasteiger partial charge in [0.15, 0.2) is 5.78 Å². The number of aliphatic hydroxyl groups excluding tert-OH is 1. The molecule has 0 fully saturated rings. The number of aliphatic carboxylic acids is 1. The second-order valence-corrected chi connectivity index (χ2v) is 7.20. The number of hydrogen-bond donors (Lipinski definition) is 3. The van der Waals surface area contributed by atoms with Gasteiger partial charge in [0.25, 0.3) is 0 Å². The fourth-order valence-electron chi connectivity index (χ4n) is 3.13. The highest BCUT2D eigenvalue weighted by Crippen LogP contribution is 2.24. The third-order valence-electron chi connectivity index (χ3n) is 4.73. The van der Waals surface area contributed by atoms with Crippen molar-refractivity contribution < 1.29 is 24.9 Å². The van der Waals surface area contributed by atoms with Gasteiger partial charge < -0.3 is 15.3 Å². The standard InChI is InChI=1S/C20H38O5/c1-3-5-7-9-10-12-14-17(21)19(24)20(25,16-18(22)23)15-13-11-8-6-4-2/h17,21,25H,3-16H2,1-2H3,(H,22,23). The Labute approximate surface area is 152 Å². The fourth-order valence-corrected chi connectivity index (χ4v) is 3.13. The number of unbranched alkanes of at least 4 members (excludes halogenated alkanes) is 9. The van der Waals surface area contributed by atoms with Gasteiger partial charge >= 0.3 is 5.97 Å². The molecule has 0 aromatic heterocycles. The molecule has 2 unspecified atom stereocenters. The van der Waals surface area contributed by atoms with Crippen LogP contribution in [0.4, 0.5) is 0 Å². The lowest BCUT2D eigenvalue weighted by Gasteiger charge is -2.27. The Morgan fingerprint density at radius 3 is 1.84 bits per heavy atom. The number of hydrogen-bond acceptors (Lipinski definition) is 4. The molecule has 0 amide bonds. The van der Waals surface area contributed by atoms with E-state index in [4.69, 9.17) is 5.11 Å². The van der Waals surface area contributed by atoms with E-state index in [1.807, 2.05) is 0 Å². The molecule has 0 spiro atoms. The SMILES string of the molecule is CCCCCCCCC(O)C(=O)C(O)(CCCCCCC)CC(=O)O. The summed E-state index contributed by atoms with van der Waals surface area (Å²) in [4.78, 5) is 23.5. The summed E-state index contributed by atoms with van der Waals surface area (Å²) in [6, 6.07) is 0. The normalized spacial score (nSPS) is 14.9. The highest BCUT2D eigenvalue weighted by molar-refractivity contribution is 5.93. The smallest absolute Gasteiger partial charge is 0.306 e. The summed E-state index contributed by atoms with van der Waals surface area (Å²) >= 11 is 0. The zero-order valence-corrected chi connectivity index (χ0v) is 16.1. The van der Waals surface area contributed by atoms with Gasteiger partial charge in [0.1, 0.15) is 11.7 Å². The monoisotopic (exact) mass is 358 g/mol. The minimum absolute atomic E-state index is 0.107. The molecule has 148 valence electrons. The van der Waals surface area contributed by atoms with E-state index in [9.17, 15) is 19.8 Å². The molecule has 0 aliphatic carbocycles. The number of aliphatic hydroxyl groups is 2. The topological polar surface area (TPSA) is 94.8 Å². The van der Waals surface area contributed by atoms with E-state index in [2.05, 4.69) is 13.8 Å². The Hall–Kier alpha value is -0.940. The van der Waals surface area contributed by atoms with E-state index in [-0.39, 0.29) is 6.42 Å². The van der Waals surface area contributed by atoms with Crippen LogP contribution in [0, 0.1) is 0 Å². The lowest BCUT2D eigenvalue weighted by atomic mass is 9.84. The maximum atomic E-state index is 12.4. The number of carboxylic acid groups (broad SMARTS) is 1. The Bertz CT molecular complexity index is 369. The third-order valence-corrected chi connectivity index (χ3v) is 4.73. The van der Waals surface area contributed by atoms with Crippen LogP contribution >= 0.6 is 0 Å². The Morgan fingerprint density at radius 2 is 1.32 bits per heavy atom. The van der Waals surface area contributed by atoms with Crippen molar-refractivity contribution in [2.24, 2.45) is 0 Å². The van der Waals surface area contributed by atoms with Gasteiger partial charge in [-0.15, -0.1) is 0 Å². The van der Waals surface area contributed by atoms with Crippen LogP contribution in [0.3, 0.4) is 0 Å². The first kappa shape index (κ1) is 24.1. The highest BCUT2D eigenvalue weighted by Gasteiger charge is 2.40. The molecular weight excluding hydrogens is 320 g/mol. The minimum atomic E-state index is -1.94. The summed E-state index contributed by atoms with van der Waals surface area (Å²) in [5, 5.41) is 29.7. The maximum Gasteiger partial charge on any atom is 0.306 e. The molecule has 25 heavy (non-hydrogen) atoms. The Morgan fingerprint density at radius 1 is 0.840 bits per heavy atom. The molecule has 5 nitrogen and oxygen atoms in total. The largest absolute Gasteiger partial charge is 0.481 e. The van der Waals surface area contributed by atoms with Gasteiger partial charge in [-0.25, -0.2) is 0 Å². The summed E-state index contributed by atoms with van der Waals surface area (Å²) in [7, 11) is 0. The van der Waals surface area contributed by atoms with Gasteiger partial charge in [0.2, 0.25) is 0 Å². The van der Waals surface area contributed by atoms with E-state index >= 15 is 0 Å². The summed E-state index contributed by atoms with van der Waals surface area (Å²) in [6.07, 6.45) is 9.39. The van der Waals surface area contributed by atoms with Gasteiger partial charge in [-0.05, 0) is 12.8 Å². The number of Topliss-reactive ketones (excluding diaryl/α,β-unsaturated/α-hetero) is 1. The van der Waals surface area contributed by atoms with Crippen molar-refractivity contribution in [2.75, 3.05) is 0 Å². The summed E-state index contributed by atoms with van der Waals surface area (Å²) in [6.45, 7) is 4.25. The van der Waals surface area contributed by atoms with Crippen molar-refractivity contribution in [3.8, 4) is 0 Å². The number of rotatable bonds is 17. The van der Waals surface area contributed by atoms with Crippen molar-refractivity contribution >= 4 is 11.8 Å². The molecule has 0 aliphatic rings. The van der Waals surface area contributed by atoms with Crippen molar-refractivity contribution in [3.05, 3.63) is 0 Å². The summed E-state index contributed by atoms with van der Waals surface area (Å²) in [5.41, 5.74) is -1.94. The van der Waals surface area contributed by atoms with E-state index < -0.39 is 29.9 Å². The van der Waals surface area contributed by atoms with E-state index in [0.29, 0.717) is 12.8 Å². The first-order chi connectivity index (χ1) is 11.9. The molecule has 3 N–H and O–H groups in total. The molecule has 0 aromatic rings. The molecule has 0 aliphatic heterocycles. The number of ketones is 1. The van der Waals surface area contributed by atoms with Crippen molar-refractivity contribution in [3.63, 3.8) is 0 Å². The quantitative estimate of drug-likeness (QED) is 0.338. The zero-order chi connectivity index (χ0) is 19.1. The van der Waals surface area contributed by atoms with Crippen LogP contribution < -0.4 is 0 Å². The molecule has 0 bridgehead atoms. The van der Waals surface area contributed by atoms with Crippen LogP contribution in [0.25, 0.3) is 0 Å². The van der Waals surface area contributed by atoms with E-state index in [0.717, 1.165) is 51.4 Å². The second kappa shape index (κ2) is 14.3. The fraction of sp³-hybridized carbons (Fsp3) is 0.900. The first-order valence-electron chi connectivity index (χ1n) is 10.0. The highest BCUT2D eigenvalue weighted by atomic mass is 16.4. The molecule has 0 heterocycles. The molecule has 2 atom stereocenters. The van der Waals surface area contributed by atoms with Crippen molar-refractivity contribution in [1.29, 1.82) is 0 Å². The zero-order valence-electron chi connectivity index (χ0n) is 16.1. The van der Waals surface area contributed by atoms with Crippen LogP contribution in [-0.2, 0) is 9.59 Å². The molecule has 0 saturated heterocycles. The van der Waals surface area contributed by atoms with E-state index in [1.165, 1.54) is 12.8 Å². The Kier molecular flexibility index (Phi) is 13.7. The average Bonchev–Trinajstić information content (AvgIpc) is 2.56. The summed E-state index contributed by atoms with van der Waals surface area (Å²) < 4.78 is 0. The lowest BCUT2D eigenvalue weighted by molar-refractivity contribution is -0.157. The molecule has 5 heteroatoms. The molecule has 0 radical (unpaired) electrons. The summed E-state index contributed by atoms with van der Waals surface area (Å²) in [5.74, 6) is -1.94. The Balaban J connectivity index is 4.41. The van der Waals surface area contributed by atoms with E-state index in [1.54, 1.807) is 0 Å². The molecule has 0 aromatic carbocycles. The number of carbonyl (C=O) groups is 2. The maximum absolute atomic E-state index is 12.4. The average molecular weight is 359 g/mol.